The molecule has 1 aliphatic rings. The Morgan fingerprint density at radius 1 is 1.38 bits per heavy atom. The van der Waals surface area contributed by atoms with E-state index in [2.05, 4.69) is 0 Å². The Kier molecular flexibility index (Phi) is 4.31. The van der Waals surface area contributed by atoms with Gasteiger partial charge in [-0.05, 0) is 23.9 Å². The summed E-state index contributed by atoms with van der Waals surface area (Å²) in [5.41, 5.74) is 6.02. The molecule has 1 heterocycles. The second-order valence-corrected chi connectivity index (χ2v) is 7.75. The van der Waals surface area contributed by atoms with E-state index >= 15 is 0 Å². The van der Waals surface area contributed by atoms with E-state index in [0.717, 1.165) is 6.42 Å². The molecule has 8 heteroatoms. The second kappa shape index (κ2) is 5.70. The molecule has 1 aromatic rings. The molecule has 1 saturated heterocycles. The van der Waals surface area contributed by atoms with Gasteiger partial charge in [-0.1, -0.05) is 19.1 Å². The van der Waals surface area contributed by atoms with Crippen LogP contribution in [0.5, 0.6) is 0 Å². The summed E-state index contributed by atoms with van der Waals surface area (Å²) in [6, 6.07) is 5.60. The Morgan fingerprint density at radius 3 is 2.48 bits per heavy atom. The van der Waals surface area contributed by atoms with Gasteiger partial charge in [-0.2, -0.15) is 0 Å². The highest BCUT2D eigenvalue weighted by Gasteiger charge is 2.38. The van der Waals surface area contributed by atoms with Crippen LogP contribution in [0.15, 0.2) is 24.3 Å². The van der Waals surface area contributed by atoms with Crippen molar-refractivity contribution in [2.45, 2.75) is 19.1 Å². The molecule has 1 fully saturated rings. The van der Waals surface area contributed by atoms with Crippen LogP contribution in [0.4, 0.5) is 5.69 Å². The van der Waals surface area contributed by atoms with Crippen molar-refractivity contribution in [3.8, 4) is 0 Å². The highest BCUT2D eigenvalue weighted by molar-refractivity contribution is 7.88. The Bertz CT molecular complexity index is 629. The number of sulfonamides is 1. The van der Waals surface area contributed by atoms with Gasteiger partial charge in [-0.3, -0.25) is 10.1 Å². The van der Waals surface area contributed by atoms with Crippen molar-refractivity contribution in [1.82, 2.24) is 4.31 Å². The minimum atomic E-state index is -3.42. The zero-order chi connectivity index (χ0) is 15.7. The molecule has 2 rings (SSSR count). The molecule has 1 aromatic carbocycles. The van der Waals surface area contributed by atoms with Crippen LogP contribution in [0.2, 0.25) is 0 Å². The topological polar surface area (TPSA) is 107 Å². The van der Waals surface area contributed by atoms with Crippen LogP contribution >= 0.6 is 0 Å². The van der Waals surface area contributed by atoms with E-state index in [1.54, 1.807) is 0 Å². The van der Waals surface area contributed by atoms with E-state index in [-0.39, 0.29) is 16.9 Å². The van der Waals surface area contributed by atoms with Gasteiger partial charge in [0.1, 0.15) is 0 Å². The third-order valence-corrected chi connectivity index (χ3v) is 5.70. The third-order valence-electron chi connectivity index (χ3n) is 3.91. The molecule has 0 amide bonds. The maximum absolute atomic E-state index is 12.4. The number of nitrogens with two attached hydrogens (primary N) is 1. The lowest BCUT2D eigenvalue weighted by Crippen LogP contribution is -2.35. The number of nitro groups is 1. The molecular formula is C13H19N3O4S. The molecule has 0 bridgehead atoms. The van der Waals surface area contributed by atoms with Gasteiger partial charge in [0.05, 0.1) is 10.7 Å². The molecule has 0 saturated carbocycles. The molecule has 1 atom stereocenters. The number of nitro benzene ring substituents is 1. The van der Waals surface area contributed by atoms with Crippen LogP contribution < -0.4 is 5.73 Å². The summed E-state index contributed by atoms with van der Waals surface area (Å²) in [6.07, 6.45) is 0.753. The number of hydrogen-bond acceptors (Lipinski definition) is 5. The summed E-state index contributed by atoms with van der Waals surface area (Å²) >= 11 is 0. The SMILES string of the molecule is CC1(CN)CCN(S(=O)(=O)Cc2ccc([N+](=O)[O-])cc2)C1. The van der Waals surface area contributed by atoms with E-state index in [0.29, 0.717) is 25.2 Å². The van der Waals surface area contributed by atoms with Crippen LogP contribution in [0.25, 0.3) is 0 Å². The first kappa shape index (κ1) is 15.9. The molecule has 0 aromatic heterocycles. The van der Waals surface area contributed by atoms with Gasteiger partial charge in [-0.25, -0.2) is 12.7 Å². The van der Waals surface area contributed by atoms with Gasteiger partial charge in [0, 0.05) is 25.2 Å². The summed E-state index contributed by atoms with van der Waals surface area (Å²) in [6.45, 7) is 3.34. The lowest BCUT2D eigenvalue weighted by atomic mass is 9.90. The second-order valence-electron chi connectivity index (χ2n) is 5.78. The summed E-state index contributed by atoms with van der Waals surface area (Å²) in [5, 5.41) is 10.6. The van der Waals surface area contributed by atoms with Gasteiger partial charge in [0.2, 0.25) is 10.0 Å². The van der Waals surface area contributed by atoms with Crippen LogP contribution in [0.3, 0.4) is 0 Å². The third kappa shape index (κ3) is 3.58. The normalized spacial score (nSPS) is 23.3. The smallest absolute Gasteiger partial charge is 0.269 e. The van der Waals surface area contributed by atoms with Crippen LogP contribution in [-0.2, 0) is 15.8 Å². The largest absolute Gasteiger partial charge is 0.330 e. The molecule has 2 N–H and O–H groups in total. The molecule has 116 valence electrons. The fourth-order valence-electron chi connectivity index (χ4n) is 2.40. The molecule has 0 spiro atoms. The molecule has 0 aliphatic carbocycles. The minimum absolute atomic E-state index is 0.0481. The fourth-order valence-corrected chi connectivity index (χ4v) is 4.07. The van der Waals surface area contributed by atoms with Crippen LogP contribution in [0, 0.1) is 15.5 Å². The van der Waals surface area contributed by atoms with Gasteiger partial charge >= 0.3 is 0 Å². The van der Waals surface area contributed by atoms with E-state index in [1.165, 1.54) is 28.6 Å². The van der Waals surface area contributed by atoms with Crippen molar-refractivity contribution in [1.29, 1.82) is 0 Å². The van der Waals surface area contributed by atoms with Crippen molar-refractivity contribution < 1.29 is 13.3 Å². The molecule has 1 aliphatic heterocycles. The standard InChI is InChI=1S/C13H19N3O4S/c1-13(9-14)6-7-15(10-13)21(19,20)8-11-2-4-12(5-3-11)16(17)18/h2-5H,6-10,14H2,1H3. The quantitative estimate of drug-likeness (QED) is 0.647. The first-order valence-electron chi connectivity index (χ1n) is 6.67. The first-order chi connectivity index (χ1) is 9.76. The first-order valence-corrected chi connectivity index (χ1v) is 8.28. The average Bonchev–Trinajstić information content (AvgIpc) is 2.83. The van der Waals surface area contributed by atoms with Gasteiger partial charge < -0.3 is 5.73 Å². The van der Waals surface area contributed by atoms with Gasteiger partial charge in [0.25, 0.3) is 5.69 Å². The van der Waals surface area contributed by atoms with E-state index in [4.69, 9.17) is 5.73 Å². The monoisotopic (exact) mass is 313 g/mol. The lowest BCUT2D eigenvalue weighted by Gasteiger charge is -2.22. The zero-order valence-corrected chi connectivity index (χ0v) is 12.7. The summed E-state index contributed by atoms with van der Waals surface area (Å²) in [5.74, 6) is -0.147. The van der Waals surface area contributed by atoms with Crippen molar-refractivity contribution in [2.75, 3.05) is 19.6 Å². The van der Waals surface area contributed by atoms with E-state index in [9.17, 15) is 18.5 Å². The van der Waals surface area contributed by atoms with Crippen molar-refractivity contribution >= 4 is 15.7 Å². The summed E-state index contributed by atoms with van der Waals surface area (Å²) in [4.78, 5) is 10.1. The molecule has 1 unspecified atom stereocenters. The van der Waals surface area contributed by atoms with Crippen molar-refractivity contribution in [2.24, 2.45) is 11.1 Å². The predicted octanol–water partition coefficient (Wildman–Crippen LogP) is 1.10. The summed E-state index contributed by atoms with van der Waals surface area (Å²) in [7, 11) is -3.42. The Morgan fingerprint density at radius 2 is 2.00 bits per heavy atom. The lowest BCUT2D eigenvalue weighted by molar-refractivity contribution is -0.384. The Labute approximate surface area is 123 Å². The van der Waals surface area contributed by atoms with Gasteiger partial charge in [-0.15, -0.1) is 0 Å². The Balaban J connectivity index is 2.09. The average molecular weight is 313 g/mol. The number of benzene rings is 1. The van der Waals surface area contributed by atoms with Gasteiger partial charge in [0.15, 0.2) is 0 Å². The molecule has 7 nitrogen and oxygen atoms in total. The highest BCUT2D eigenvalue weighted by atomic mass is 32.2. The Hall–Kier alpha value is -1.51. The number of rotatable bonds is 5. The summed E-state index contributed by atoms with van der Waals surface area (Å²) < 4.78 is 26.2. The molecule has 21 heavy (non-hydrogen) atoms. The maximum Gasteiger partial charge on any atom is 0.269 e. The number of non-ortho nitro benzene ring substituents is 1. The number of hydrogen-bond donors (Lipinski definition) is 1. The van der Waals surface area contributed by atoms with E-state index in [1.807, 2.05) is 6.92 Å². The zero-order valence-electron chi connectivity index (χ0n) is 11.9. The van der Waals surface area contributed by atoms with Crippen molar-refractivity contribution in [3.05, 3.63) is 39.9 Å². The predicted molar refractivity (Wildman–Crippen MR) is 79.1 cm³/mol. The van der Waals surface area contributed by atoms with Crippen LogP contribution in [-0.4, -0.2) is 37.3 Å². The number of nitrogens with zero attached hydrogens (tertiary/aromatic N) is 2. The maximum atomic E-state index is 12.4. The van der Waals surface area contributed by atoms with Crippen LogP contribution in [0.1, 0.15) is 18.9 Å². The molecule has 0 radical (unpaired) electrons. The highest BCUT2D eigenvalue weighted by Crippen LogP contribution is 2.31. The fraction of sp³-hybridized carbons (Fsp3) is 0.538. The minimum Gasteiger partial charge on any atom is -0.330 e. The van der Waals surface area contributed by atoms with E-state index < -0.39 is 14.9 Å². The van der Waals surface area contributed by atoms with Crippen molar-refractivity contribution in [3.63, 3.8) is 0 Å². The molecular weight excluding hydrogens is 294 g/mol.